The van der Waals surface area contributed by atoms with Crippen molar-refractivity contribution >= 4 is 27.5 Å². The second kappa shape index (κ2) is 7.99. The predicted molar refractivity (Wildman–Crippen MR) is 135 cm³/mol. The standard InChI is InChI=1S/C30H22NO5/c1-33-26-10-9-19-13-25-23-15-28-27(34-17-35-28)14-20(23)11-12-31(25)16-24(19)29(26)36-30(32)22-8-4-6-18-5-2-3-7-21(18)22/h2-10,13-16H,11-12,17H2,1H3/q+1. The summed E-state index contributed by atoms with van der Waals surface area (Å²) in [5.74, 6) is 2.08. The molecule has 0 N–H and O–H groups in total. The van der Waals surface area contributed by atoms with Crippen LogP contribution in [0.5, 0.6) is 23.0 Å². The Morgan fingerprint density at radius 1 is 0.889 bits per heavy atom. The Morgan fingerprint density at radius 3 is 2.61 bits per heavy atom. The quantitative estimate of drug-likeness (QED) is 0.197. The molecule has 0 saturated carbocycles. The summed E-state index contributed by atoms with van der Waals surface area (Å²) in [6.45, 7) is 1.05. The molecular weight excluding hydrogens is 454 g/mol. The molecule has 6 heteroatoms. The van der Waals surface area contributed by atoms with E-state index in [1.165, 1.54) is 5.56 Å². The van der Waals surface area contributed by atoms with Crippen molar-refractivity contribution in [1.29, 1.82) is 0 Å². The van der Waals surface area contributed by atoms with Crippen LogP contribution in [0.15, 0.2) is 79.0 Å². The van der Waals surface area contributed by atoms with Crippen LogP contribution < -0.4 is 23.5 Å². The van der Waals surface area contributed by atoms with Crippen LogP contribution in [0, 0.1) is 0 Å². The first-order chi connectivity index (χ1) is 17.7. The summed E-state index contributed by atoms with van der Waals surface area (Å²) in [6.07, 6.45) is 2.91. The van der Waals surface area contributed by atoms with Gasteiger partial charge in [0.2, 0.25) is 12.5 Å². The molecule has 0 amide bonds. The number of rotatable bonds is 3. The number of benzene rings is 4. The van der Waals surface area contributed by atoms with Crippen LogP contribution in [0.1, 0.15) is 15.9 Å². The lowest BCUT2D eigenvalue weighted by atomic mass is 9.95. The molecule has 0 atom stereocenters. The number of carbonyl (C=O) groups excluding carboxylic acids is 1. The Bertz CT molecular complexity index is 1700. The van der Waals surface area contributed by atoms with E-state index >= 15 is 0 Å². The molecule has 1 aromatic heterocycles. The molecule has 36 heavy (non-hydrogen) atoms. The van der Waals surface area contributed by atoms with Gasteiger partial charge in [0.05, 0.1) is 23.6 Å². The molecule has 2 aliphatic heterocycles. The van der Waals surface area contributed by atoms with E-state index in [-0.39, 0.29) is 6.79 Å². The Balaban J connectivity index is 1.35. The second-order valence-corrected chi connectivity index (χ2v) is 8.98. The van der Waals surface area contributed by atoms with Crippen molar-refractivity contribution in [2.75, 3.05) is 13.9 Å². The summed E-state index contributed by atoms with van der Waals surface area (Å²) in [5.41, 5.74) is 3.95. The van der Waals surface area contributed by atoms with Crippen molar-refractivity contribution in [1.82, 2.24) is 0 Å². The van der Waals surface area contributed by atoms with E-state index in [1.807, 2.05) is 54.7 Å². The van der Waals surface area contributed by atoms with E-state index < -0.39 is 5.97 Å². The molecular formula is C30H22NO5+. The number of aryl methyl sites for hydroxylation is 2. The lowest BCUT2D eigenvalue weighted by Crippen LogP contribution is -2.40. The Morgan fingerprint density at radius 2 is 1.72 bits per heavy atom. The fourth-order valence-electron chi connectivity index (χ4n) is 5.21. The fourth-order valence-corrected chi connectivity index (χ4v) is 5.21. The summed E-state index contributed by atoms with van der Waals surface area (Å²) < 4.78 is 25.1. The van der Waals surface area contributed by atoms with Gasteiger partial charge in [-0.3, -0.25) is 0 Å². The molecule has 0 radical (unpaired) electrons. The van der Waals surface area contributed by atoms with Crippen LogP contribution in [0.4, 0.5) is 0 Å². The number of hydrogen-bond donors (Lipinski definition) is 0. The number of nitrogens with zero attached hydrogens (tertiary/aromatic N) is 1. The van der Waals surface area contributed by atoms with E-state index in [1.54, 1.807) is 13.2 Å². The number of carbonyl (C=O) groups is 1. The van der Waals surface area contributed by atoms with Gasteiger partial charge in [0.25, 0.3) is 0 Å². The van der Waals surface area contributed by atoms with Crippen LogP contribution in [0.25, 0.3) is 32.8 Å². The third-order valence-corrected chi connectivity index (χ3v) is 7.00. The summed E-state index contributed by atoms with van der Waals surface area (Å²) in [4.78, 5) is 13.4. The van der Waals surface area contributed by atoms with Gasteiger partial charge in [-0.05, 0) is 52.1 Å². The fraction of sp³-hybridized carbons (Fsp3) is 0.133. The number of esters is 1. The largest absolute Gasteiger partial charge is 0.493 e. The van der Waals surface area contributed by atoms with Gasteiger partial charge in [0.15, 0.2) is 35.7 Å². The van der Waals surface area contributed by atoms with Crippen LogP contribution in [-0.4, -0.2) is 19.9 Å². The van der Waals surface area contributed by atoms with E-state index in [4.69, 9.17) is 18.9 Å². The average Bonchev–Trinajstić information content (AvgIpc) is 3.38. The smallest absolute Gasteiger partial charge is 0.344 e. The minimum Gasteiger partial charge on any atom is -0.493 e. The van der Waals surface area contributed by atoms with Crippen molar-refractivity contribution in [3.8, 4) is 34.3 Å². The minimum atomic E-state index is -0.418. The maximum absolute atomic E-state index is 13.4. The highest BCUT2D eigenvalue weighted by molar-refractivity contribution is 6.06. The number of ether oxygens (including phenoxy) is 4. The van der Waals surface area contributed by atoms with Crippen molar-refractivity contribution in [3.63, 3.8) is 0 Å². The topological polar surface area (TPSA) is 57.9 Å². The summed E-state index contributed by atoms with van der Waals surface area (Å²) in [6, 6.07) is 23.5. The zero-order valence-electron chi connectivity index (χ0n) is 19.6. The summed E-state index contributed by atoms with van der Waals surface area (Å²) in [5, 5.41) is 3.61. The normalized spacial score (nSPS) is 13.4. The van der Waals surface area contributed by atoms with E-state index in [2.05, 4.69) is 22.8 Å². The second-order valence-electron chi connectivity index (χ2n) is 8.98. The molecule has 0 fully saturated rings. The Kier molecular flexibility index (Phi) is 4.61. The Hall–Kier alpha value is -4.58. The molecule has 6 nitrogen and oxygen atoms in total. The molecule has 4 aromatic carbocycles. The number of pyridine rings is 1. The zero-order chi connectivity index (χ0) is 24.2. The first-order valence-corrected chi connectivity index (χ1v) is 11.9. The number of methoxy groups -OCH3 is 1. The summed E-state index contributed by atoms with van der Waals surface area (Å²) >= 11 is 0. The average molecular weight is 477 g/mol. The molecule has 0 aliphatic carbocycles. The number of hydrogen-bond acceptors (Lipinski definition) is 5. The van der Waals surface area contributed by atoms with Gasteiger partial charge in [-0.1, -0.05) is 36.4 Å². The molecule has 0 spiro atoms. The first kappa shape index (κ1) is 20.8. The van der Waals surface area contributed by atoms with Crippen LogP contribution >= 0.6 is 0 Å². The highest BCUT2D eigenvalue weighted by Gasteiger charge is 2.29. The molecule has 0 saturated heterocycles. The SMILES string of the molecule is COc1ccc2cc3[n+](cc2c1OC(=O)c1cccc2ccccc12)CCc1cc2c(cc1-3)OCO2. The number of fused-ring (bicyclic) bond motifs is 6. The molecule has 0 bridgehead atoms. The highest BCUT2D eigenvalue weighted by atomic mass is 16.7. The maximum Gasteiger partial charge on any atom is 0.344 e. The van der Waals surface area contributed by atoms with Gasteiger partial charge >= 0.3 is 5.97 Å². The van der Waals surface area contributed by atoms with Gasteiger partial charge in [-0.15, -0.1) is 0 Å². The van der Waals surface area contributed by atoms with Crippen molar-refractivity contribution in [2.24, 2.45) is 0 Å². The van der Waals surface area contributed by atoms with Gasteiger partial charge in [0, 0.05) is 12.5 Å². The van der Waals surface area contributed by atoms with Gasteiger partial charge in [-0.2, -0.15) is 4.57 Å². The third-order valence-electron chi connectivity index (χ3n) is 7.00. The maximum atomic E-state index is 13.4. The van der Waals surface area contributed by atoms with Gasteiger partial charge < -0.3 is 18.9 Å². The van der Waals surface area contributed by atoms with Gasteiger partial charge in [0.1, 0.15) is 0 Å². The molecule has 2 aliphatic rings. The molecule has 0 unspecified atom stereocenters. The molecule has 176 valence electrons. The lowest BCUT2D eigenvalue weighted by molar-refractivity contribution is -0.686. The van der Waals surface area contributed by atoms with E-state index in [0.717, 1.165) is 57.3 Å². The van der Waals surface area contributed by atoms with E-state index in [9.17, 15) is 4.79 Å². The van der Waals surface area contributed by atoms with Crippen molar-refractivity contribution in [2.45, 2.75) is 13.0 Å². The van der Waals surface area contributed by atoms with Crippen molar-refractivity contribution < 1.29 is 28.3 Å². The third kappa shape index (κ3) is 3.18. The molecule has 7 rings (SSSR count). The minimum absolute atomic E-state index is 0.251. The predicted octanol–water partition coefficient (Wildman–Crippen LogP) is 5.46. The molecule has 3 heterocycles. The first-order valence-electron chi connectivity index (χ1n) is 11.9. The van der Waals surface area contributed by atoms with Crippen LogP contribution in [0.3, 0.4) is 0 Å². The highest BCUT2D eigenvalue weighted by Crippen LogP contribution is 2.42. The summed E-state index contributed by atoms with van der Waals surface area (Å²) in [7, 11) is 1.58. The van der Waals surface area contributed by atoms with Crippen LogP contribution in [0.2, 0.25) is 0 Å². The van der Waals surface area contributed by atoms with Crippen LogP contribution in [-0.2, 0) is 13.0 Å². The monoisotopic (exact) mass is 476 g/mol. The van der Waals surface area contributed by atoms with Gasteiger partial charge in [-0.25, -0.2) is 4.79 Å². The zero-order valence-corrected chi connectivity index (χ0v) is 19.6. The Labute approximate surface area is 207 Å². The number of aromatic nitrogens is 1. The van der Waals surface area contributed by atoms with Crippen molar-refractivity contribution in [3.05, 3.63) is 90.1 Å². The lowest BCUT2D eigenvalue weighted by Gasteiger charge is -2.17. The van der Waals surface area contributed by atoms with E-state index in [0.29, 0.717) is 17.1 Å². The molecule has 5 aromatic rings.